The minimum Gasteiger partial charge on any atom is -0.291 e. The second kappa shape index (κ2) is 4.10. The lowest BCUT2D eigenvalue weighted by Gasteiger charge is -2.10. The van der Waals surface area contributed by atoms with Crippen LogP contribution in [0.4, 0.5) is 0 Å². The van der Waals surface area contributed by atoms with E-state index >= 15 is 0 Å². The molecule has 0 unspecified atom stereocenters. The molecule has 0 saturated heterocycles. The van der Waals surface area contributed by atoms with Crippen LogP contribution in [-0.2, 0) is 0 Å². The van der Waals surface area contributed by atoms with E-state index in [1.165, 1.54) is 0 Å². The molecule has 1 aromatic carbocycles. The van der Waals surface area contributed by atoms with Crippen LogP contribution in [0.3, 0.4) is 0 Å². The minimum absolute atomic E-state index is 0.0217. The van der Waals surface area contributed by atoms with Crippen LogP contribution in [0.25, 0.3) is 0 Å². The summed E-state index contributed by atoms with van der Waals surface area (Å²) in [5.74, 6) is 0.537. The van der Waals surface area contributed by atoms with Gasteiger partial charge in [-0.3, -0.25) is 9.59 Å². The molecule has 0 spiro atoms. The number of fused-ring (bicyclic) bond motifs is 1. The fraction of sp³-hybridized carbons (Fsp3) is 0.333. The molecule has 1 saturated carbocycles. The van der Waals surface area contributed by atoms with Gasteiger partial charge in [-0.05, 0) is 18.4 Å². The van der Waals surface area contributed by atoms with Gasteiger partial charge in [-0.25, -0.2) is 9.67 Å². The molecule has 2 aliphatic rings. The lowest BCUT2D eigenvalue weighted by atomic mass is 10.1. The standard InChI is InChI=1S/C15H13N3O2/c19-12-8-11(9-4-2-1-3-5-9)18-15(12)16-14(17-18)13(20)10-6-7-10/h1-5,10-11H,6-8H2/t11-/m0/s1. The Morgan fingerprint density at radius 1 is 1.20 bits per heavy atom. The number of ketones is 2. The van der Waals surface area contributed by atoms with Crippen LogP contribution in [0.15, 0.2) is 30.3 Å². The van der Waals surface area contributed by atoms with Crippen LogP contribution < -0.4 is 0 Å². The van der Waals surface area contributed by atoms with E-state index in [4.69, 9.17) is 0 Å². The molecule has 4 rings (SSSR count). The van der Waals surface area contributed by atoms with Gasteiger partial charge < -0.3 is 0 Å². The van der Waals surface area contributed by atoms with Gasteiger partial charge in [-0.1, -0.05) is 30.3 Å². The SMILES string of the molecule is O=C1C[C@@H](c2ccccc2)n2nc(C(=O)C3CC3)nc21. The van der Waals surface area contributed by atoms with Gasteiger partial charge in [0.25, 0.3) is 0 Å². The molecule has 2 aromatic rings. The van der Waals surface area contributed by atoms with Gasteiger partial charge >= 0.3 is 0 Å². The molecule has 100 valence electrons. The van der Waals surface area contributed by atoms with E-state index in [2.05, 4.69) is 10.1 Å². The van der Waals surface area contributed by atoms with Crippen molar-refractivity contribution in [2.75, 3.05) is 0 Å². The van der Waals surface area contributed by atoms with Crippen LogP contribution in [0.1, 0.15) is 52.1 Å². The number of benzene rings is 1. The number of carbonyl (C=O) groups is 2. The summed E-state index contributed by atoms with van der Waals surface area (Å²) in [6, 6.07) is 9.61. The second-order valence-electron chi connectivity index (χ2n) is 5.40. The lowest BCUT2D eigenvalue weighted by molar-refractivity contribution is 0.0956. The molecule has 0 bridgehead atoms. The third-order valence-electron chi connectivity index (χ3n) is 3.91. The van der Waals surface area contributed by atoms with Crippen molar-refractivity contribution in [3.63, 3.8) is 0 Å². The van der Waals surface area contributed by atoms with Crippen LogP contribution in [0, 0.1) is 5.92 Å². The average Bonchev–Trinajstić information content (AvgIpc) is 3.15. The van der Waals surface area contributed by atoms with Crippen LogP contribution in [0.5, 0.6) is 0 Å². The number of carbonyl (C=O) groups excluding carboxylic acids is 2. The maximum absolute atomic E-state index is 12.0. The molecule has 2 heterocycles. The van der Waals surface area contributed by atoms with E-state index < -0.39 is 0 Å². The Balaban J connectivity index is 1.74. The summed E-state index contributed by atoms with van der Waals surface area (Å²) < 4.78 is 1.62. The van der Waals surface area contributed by atoms with Crippen LogP contribution >= 0.6 is 0 Å². The average molecular weight is 267 g/mol. The minimum atomic E-state index is -0.132. The summed E-state index contributed by atoms with van der Waals surface area (Å²) in [6.07, 6.45) is 2.20. The van der Waals surface area contributed by atoms with Crippen molar-refractivity contribution in [2.45, 2.75) is 25.3 Å². The Hall–Kier alpha value is -2.30. The van der Waals surface area contributed by atoms with Crippen LogP contribution in [-0.4, -0.2) is 26.3 Å². The highest BCUT2D eigenvalue weighted by Gasteiger charge is 2.38. The first-order valence-electron chi connectivity index (χ1n) is 6.83. The van der Waals surface area contributed by atoms with Gasteiger partial charge in [0, 0.05) is 12.3 Å². The van der Waals surface area contributed by atoms with Gasteiger partial charge in [-0.15, -0.1) is 5.10 Å². The van der Waals surface area contributed by atoms with Crippen molar-refractivity contribution >= 4 is 11.6 Å². The molecule has 20 heavy (non-hydrogen) atoms. The van der Waals surface area contributed by atoms with E-state index in [-0.39, 0.29) is 29.4 Å². The van der Waals surface area contributed by atoms with E-state index in [0.717, 1.165) is 18.4 Å². The Labute approximate surface area is 115 Å². The molecule has 0 amide bonds. The smallest absolute Gasteiger partial charge is 0.218 e. The molecule has 1 aromatic heterocycles. The zero-order valence-electron chi connectivity index (χ0n) is 10.8. The molecular formula is C15H13N3O2. The lowest BCUT2D eigenvalue weighted by Crippen LogP contribution is -2.10. The van der Waals surface area contributed by atoms with Crippen molar-refractivity contribution < 1.29 is 9.59 Å². The summed E-state index contributed by atoms with van der Waals surface area (Å²) in [7, 11) is 0. The fourth-order valence-corrected chi connectivity index (χ4v) is 2.65. The normalized spacial score (nSPS) is 21.0. The predicted molar refractivity (Wildman–Crippen MR) is 70.6 cm³/mol. The Kier molecular flexibility index (Phi) is 2.36. The predicted octanol–water partition coefficient (Wildman–Crippen LogP) is 2.05. The first-order chi connectivity index (χ1) is 9.74. The first-order valence-corrected chi connectivity index (χ1v) is 6.83. The maximum Gasteiger partial charge on any atom is 0.218 e. The quantitative estimate of drug-likeness (QED) is 0.798. The summed E-state index contributed by atoms with van der Waals surface area (Å²) in [4.78, 5) is 28.2. The number of aromatic nitrogens is 3. The molecule has 0 N–H and O–H groups in total. The number of hydrogen-bond donors (Lipinski definition) is 0. The topological polar surface area (TPSA) is 64.8 Å². The Morgan fingerprint density at radius 3 is 2.65 bits per heavy atom. The molecule has 0 radical (unpaired) electrons. The van der Waals surface area contributed by atoms with E-state index in [1.54, 1.807) is 4.68 Å². The van der Waals surface area contributed by atoms with Gasteiger partial charge in [0.2, 0.25) is 17.4 Å². The van der Waals surface area contributed by atoms with Gasteiger partial charge in [0.05, 0.1) is 6.04 Å². The third-order valence-corrected chi connectivity index (χ3v) is 3.91. The molecular weight excluding hydrogens is 254 g/mol. The largest absolute Gasteiger partial charge is 0.291 e. The van der Waals surface area contributed by atoms with E-state index in [1.807, 2.05) is 30.3 Å². The van der Waals surface area contributed by atoms with Crippen molar-refractivity contribution in [3.8, 4) is 0 Å². The second-order valence-corrected chi connectivity index (χ2v) is 5.40. The van der Waals surface area contributed by atoms with E-state index in [0.29, 0.717) is 12.2 Å². The fourth-order valence-electron chi connectivity index (χ4n) is 2.65. The molecule has 1 aliphatic heterocycles. The van der Waals surface area contributed by atoms with Gasteiger partial charge in [0.15, 0.2) is 5.82 Å². The molecule has 5 heteroatoms. The zero-order chi connectivity index (χ0) is 13.7. The monoisotopic (exact) mass is 267 g/mol. The summed E-state index contributed by atoms with van der Waals surface area (Å²) in [6.45, 7) is 0. The highest BCUT2D eigenvalue weighted by molar-refractivity contribution is 5.99. The molecule has 1 atom stereocenters. The highest BCUT2D eigenvalue weighted by atomic mass is 16.1. The van der Waals surface area contributed by atoms with Crippen molar-refractivity contribution in [1.82, 2.24) is 14.8 Å². The highest BCUT2D eigenvalue weighted by Crippen LogP contribution is 2.34. The van der Waals surface area contributed by atoms with Crippen molar-refractivity contribution in [2.24, 2.45) is 5.92 Å². The summed E-state index contributed by atoms with van der Waals surface area (Å²) in [5.41, 5.74) is 1.02. The number of Topliss-reactive ketones (excluding diaryl/α,β-unsaturated/α-hetero) is 2. The Bertz CT molecular complexity index is 701. The van der Waals surface area contributed by atoms with E-state index in [9.17, 15) is 9.59 Å². The van der Waals surface area contributed by atoms with Crippen molar-refractivity contribution in [3.05, 3.63) is 47.5 Å². The molecule has 5 nitrogen and oxygen atoms in total. The summed E-state index contributed by atoms with van der Waals surface area (Å²) in [5, 5.41) is 4.30. The van der Waals surface area contributed by atoms with Crippen molar-refractivity contribution in [1.29, 1.82) is 0 Å². The molecule has 1 fully saturated rings. The zero-order valence-corrected chi connectivity index (χ0v) is 10.8. The third kappa shape index (κ3) is 1.70. The van der Waals surface area contributed by atoms with Gasteiger partial charge in [0.1, 0.15) is 0 Å². The number of hydrogen-bond acceptors (Lipinski definition) is 4. The number of rotatable bonds is 3. The van der Waals surface area contributed by atoms with Gasteiger partial charge in [-0.2, -0.15) is 0 Å². The maximum atomic E-state index is 12.0. The first kappa shape index (κ1) is 11.5. The molecule has 1 aliphatic carbocycles. The van der Waals surface area contributed by atoms with Crippen LogP contribution in [0.2, 0.25) is 0 Å². The summed E-state index contributed by atoms with van der Waals surface area (Å²) >= 11 is 0. The Morgan fingerprint density at radius 2 is 1.95 bits per heavy atom. The number of nitrogens with zero attached hydrogens (tertiary/aromatic N) is 3.